The Morgan fingerprint density at radius 1 is 1.20 bits per heavy atom. The summed E-state index contributed by atoms with van der Waals surface area (Å²) in [6.45, 7) is 3.43. The van der Waals surface area contributed by atoms with Crippen molar-refractivity contribution in [3.8, 4) is 0 Å². The summed E-state index contributed by atoms with van der Waals surface area (Å²) in [5.41, 5.74) is -0.277. The Bertz CT molecular complexity index is 757. The predicted molar refractivity (Wildman–Crippen MR) is 107 cm³/mol. The summed E-state index contributed by atoms with van der Waals surface area (Å²) in [5, 5.41) is 5.50. The fourth-order valence-corrected chi connectivity index (χ4v) is 3.07. The minimum Gasteiger partial charge on any atom is -0.450 e. The van der Waals surface area contributed by atoms with Crippen molar-refractivity contribution in [3.05, 3.63) is 41.5 Å². The highest BCUT2D eigenvalue weighted by molar-refractivity contribution is 5.91. The monoisotopic (exact) mass is 423 g/mol. The first-order valence-electron chi connectivity index (χ1n) is 10.0. The van der Waals surface area contributed by atoms with Gasteiger partial charge in [-0.05, 0) is 44.4 Å². The summed E-state index contributed by atoms with van der Waals surface area (Å²) in [5.74, 6) is -2.11. The quantitative estimate of drug-likeness (QED) is 0.497. The maximum absolute atomic E-state index is 13.5. The SMILES string of the molecule is CCOC(=O)N1CCC(NC(=O)CCCNC(=O)/C=C/c2c(F)cccc2F)CC1. The maximum atomic E-state index is 13.5. The van der Waals surface area contributed by atoms with Gasteiger partial charge in [-0.2, -0.15) is 0 Å². The number of rotatable bonds is 8. The minimum absolute atomic E-state index is 0.0105. The van der Waals surface area contributed by atoms with E-state index in [1.807, 2.05) is 0 Å². The molecule has 0 aromatic heterocycles. The zero-order valence-electron chi connectivity index (χ0n) is 17.0. The van der Waals surface area contributed by atoms with E-state index in [2.05, 4.69) is 10.6 Å². The van der Waals surface area contributed by atoms with Gasteiger partial charge in [0, 0.05) is 43.7 Å². The largest absolute Gasteiger partial charge is 0.450 e. The zero-order valence-corrected chi connectivity index (χ0v) is 17.0. The molecule has 1 aromatic carbocycles. The molecule has 7 nitrogen and oxygen atoms in total. The zero-order chi connectivity index (χ0) is 21.9. The average Bonchev–Trinajstić information content (AvgIpc) is 2.71. The van der Waals surface area contributed by atoms with E-state index >= 15 is 0 Å². The highest BCUT2D eigenvalue weighted by atomic mass is 19.1. The van der Waals surface area contributed by atoms with Gasteiger partial charge in [0.2, 0.25) is 11.8 Å². The summed E-state index contributed by atoms with van der Waals surface area (Å²) >= 11 is 0. The van der Waals surface area contributed by atoms with Crippen LogP contribution in [0.25, 0.3) is 6.08 Å². The van der Waals surface area contributed by atoms with Gasteiger partial charge < -0.3 is 20.3 Å². The number of piperidine rings is 1. The Morgan fingerprint density at radius 2 is 1.87 bits per heavy atom. The van der Waals surface area contributed by atoms with Gasteiger partial charge in [0.05, 0.1) is 6.61 Å². The van der Waals surface area contributed by atoms with Crippen molar-refractivity contribution < 1.29 is 27.9 Å². The number of amides is 3. The molecule has 1 aromatic rings. The van der Waals surface area contributed by atoms with Crippen LogP contribution in [0.5, 0.6) is 0 Å². The molecule has 9 heteroatoms. The number of ether oxygens (including phenoxy) is 1. The fourth-order valence-electron chi connectivity index (χ4n) is 3.07. The van der Waals surface area contributed by atoms with Crippen molar-refractivity contribution in [2.45, 2.75) is 38.6 Å². The van der Waals surface area contributed by atoms with Gasteiger partial charge in [0.15, 0.2) is 0 Å². The molecule has 2 N–H and O–H groups in total. The van der Waals surface area contributed by atoms with E-state index in [0.717, 1.165) is 24.3 Å². The highest BCUT2D eigenvalue weighted by Crippen LogP contribution is 2.14. The molecule has 0 radical (unpaired) electrons. The molecule has 164 valence electrons. The molecule has 1 heterocycles. The third-order valence-corrected chi connectivity index (χ3v) is 4.67. The Morgan fingerprint density at radius 3 is 2.50 bits per heavy atom. The van der Waals surface area contributed by atoms with Gasteiger partial charge in [-0.1, -0.05) is 6.07 Å². The Labute approximate surface area is 174 Å². The van der Waals surface area contributed by atoms with Crippen LogP contribution < -0.4 is 10.6 Å². The van der Waals surface area contributed by atoms with E-state index in [-0.39, 0.29) is 36.6 Å². The predicted octanol–water partition coefficient (Wildman–Crippen LogP) is 2.61. The smallest absolute Gasteiger partial charge is 0.409 e. The Kier molecular flexibility index (Phi) is 9.24. The molecule has 1 fully saturated rings. The average molecular weight is 423 g/mol. The fraction of sp³-hybridized carbons (Fsp3) is 0.476. The van der Waals surface area contributed by atoms with Crippen molar-refractivity contribution in [1.29, 1.82) is 0 Å². The normalized spacial score (nSPS) is 14.6. The van der Waals surface area contributed by atoms with E-state index in [0.29, 0.717) is 39.0 Å². The van der Waals surface area contributed by atoms with Gasteiger partial charge in [-0.25, -0.2) is 13.6 Å². The first-order chi connectivity index (χ1) is 14.4. The van der Waals surface area contributed by atoms with Crippen LogP contribution in [0.3, 0.4) is 0 Å². The molecule has 1 saturated heterocycles. The van der Waals surface area contributed by atoms with Gasteiger partial charge in [0.25, 0.3) is 0 Å². The van der Waals surface area contributed by atoms with Gasteiger partial charge in [-0.3, -0.25) is 9.59 Å². The van der Waals surface area contributed by atoms with E-state index in [1.165, 1.54) is 6.07 Å². The van der Waals surface area contributed by atoms with Crippen LogP contribution in [0.4, 0.5) is 13.6 Å². The Balaban J connectivity index is 1.62. The second-order valence-corrected chi connectivity index (χ2v) is 6.89. The molecule has 0 bridgehead atoms. The summed E-state index contributed by atoms with van der Waals surface area (Å²) in [7, 11) is 0. The molecular weight excluding hydrogens is 396 g/mol. The summed E-state index contributed by atoms with van der Waals surface area (Å²) in [6, 6.07) is 3.48. The number of carbonyl (C=O) groups is 3. The third-order valence-electron chi connectivity index (χ3n) is 4.67. The summed E-state index contributed by atoms with van der Waals surface area (Å²) in [6.07, 6.45) is 3.81. The van der Waals surface area contributed by atoms with Crippen LogP contribution in [0.1, 0.15) is 38.2 Å². The molecule has 0 aliphatic carbocycles. The number of benzene rings is 1. The number of likely N-dealkylation sites (tertiary alicyclic amines) is 1. The standard InChI is InChI=1S/C21H27F2N3O4/c1-2-30-21(29)26-13-10-15(11-14-26)25-20(28)7-4-12-24-19(27)9-8-16-17(22)5-3-6-18(16)23/h3,5-6,8-9,15H,2,4,7,10-14H2,1H3,(H,24,27)(H,25,28)/b9-8+. The van der Waals surface area contributed by atoms with Crippen LogP contribution in [0, 0.1) is 11.6 Å². The van der Waals surface area contributed by atoms with Crippen molar-refractivity contribution >= 4 is 24.0 Å². The molecule has 0 spiro atoms. The minimum atomic E-state index is -0.746. The molecule has 0 atom stereocenters. The Hall–Kier alpha value is -2.97. The molecular formula is C21H27F2N3O4. The van der Waals surface area contributed by atoms with Crippen LogP contribution >= 0.6 is 0 Å². The van der Waals surface area contributed by atoms with Crippen molar-refractivity contribution in [3.63, 3.8) is 0 Å². The number of halogens is 2. The molecule has 1 aliphatic heterocycles. The van der Waals surface area contributed by atoms with Gasteiger partial charge in [-0.15, -0.1) is 0 Å². The third kappa shape index (κ3) is 7.46. The van der Waals surface area contributed by atoms with E-state index in [1.54, 1.807) is 11.8 Å². The van der Waals surface area contributed by atoms with Crippen molar-refractivity contribution in [1.82, 2.24) is 15.5 Å². The van der Waals surface area contributed by atoms with Crippen LogP contribution in [-0.2, 0) is 14.3 Å². The second-order valence-electron chi connectivity index (χ2n) is 6.89. The molecule has 30 heavy (non-hydrogen) atoms. The molecule has 2 rings (SSSR count). The summed E-state index contributed by atoms with van der Waals surface area (Å²) in [4.78, 5) is 37.1. The lowest BCUT2D eigenvalue weighted by molar-refractivity contribution is -0.122. The number of carbonyl (C=O) groups excluding carboxylic acids is 3. The van der Waals surface area contributed by atoms with Crippen LogP contribution in [0.15, 0.2) is 24.3 Å². The molecule has 3 amide bonds. The van der Waals surface area contributed by atoms with E-state index in [9.17, 15) is 23.2 Å². The van der Waals surface area contributed by atoms with E-state index < -0.39 is 17.5 Å². The number of nitrogens with one attached hydrogen (secondary N) is 2. The van der Waals surface area contributed by atoms with Crippen LogP contribution in [0.2, 0.25) is 0 Å². The maximum Gasteiger partial charge on any atom is 0.409 e. The highest BCUT2D eigenvalue weighted by Gasteiger charge is 2.24. The second kappa shape index (κ2) is 11.9. The van der Waals surface area contributed by atoms with E-state index in [4.69, 9.17) is 4.74 Å². The summed E-state index contributed by atoms with van der Waals surface area (Å²) < 4.78 is 31.9. The number of nitrogens with zero attached hydrogens (tertiary/aromatic N) is 1. The first-order valence-corrected chi connectivity index (χ1v) is 10.0. The topological polar surface area (TPSA) is 87.7 Å². The lowest BCUT2D eigenvalue weighted by Crippen LogP contribution is -2.46. The number of hydrogen-bond donors (Lipinski definition) is 2. The lowest BCUT2D eigenvalue weighted by Gasteiger charge is -2.31. The molecule has 1 aliphatic rings. The van der Waals surface area contributed by atoms with Crippen molar-refractivity contribution in [2.24, 2.45) is 0 Å². The number of hydrogen-bond acceptors (Lipinski definition) is 4. The first kappa shape index (κ1) is 23.3. The molecule has 0 saturated carbocycles. The molecule has 0 unspecified atom stereocenters. The van der Waals surface area contributed by atoms with Crippen molar-refractivity contribution in [2.75, 3.05) is 26.2 Å². The lowest BCUT2D eigenvalue weighted by atomic mass is 10.1. The van der Waals surface area contributed by atoms with Gasteiger partial charge in [0.1, 0.15) is 11.6 Å². The van der Waals surface area contributed by atoms with Gasteiger partial charge >= 0.3 is 6.09 Å². The van der Waals surface area contributed by atoms with Crippen LogP contribution in [-0.4, -0.2) is 55.1 Å².